The van der Waals surface area contributed by atoms with Crippen molar-refractivity contribution in [2.75, 3.05) is 13.2 Å². The molecule has 0 aromatic carbocycles. The molecule has 2 fully saturated rings. The molecule has 1 atom stereocenters. The first-order valence-electron chi connectivity index (χ1n) is 9.18. The lowest BCUT2D eigenvalue weighted by molar-refractivity contribution is 0.0187. The van der Waals surface area contributed by atoms with Crippen LogP contribution in [0.2, 0.25) is 0 Å². The quantitative estimate of drug-likeness (QED) is 0.705. The maximum atomic E-state index is 11.8. The summed E-state index contributed by atoms with van der Waals surface area (Å²) < 4.78 is 11.3. The maximum Gasteiger partial charge on any atom is 0.407 e. The van der Waals surface area contributed by atoms with Crippen molar-refractivity contribution >= 4 is 6.09 Å². The second kappa shape index (κ2) is 8.34. The topological polar surface area (TPSA) is 59.6 Å². The van der Waals surface area contributed by atoms with Crippen molar-refractivity contribution in [3.63, 3.8) is 0 Å². The lowest BCUT2D eigenvalue weighted by atomic mass is 9.93. The van der Waals surface area contributed by atoms with Crippen LogP contribution < -0.4 is 10.6 Å². The Balaban J connectivity index is 1.52. The molecule has 0 radical (unpaired) electrons. The van der Waals surface area contributed by atoms with Gasteiger partial charge >= 0.3 is 6.09 Å². The summed E-state index contributed by atoms with van der Waals surface area (Å²) in [5.41, 5.74) is -0.436. The lowest BCUT2D eigenvalue weighted by Crippen LogP contribution is -2.42. The molecule has 5 nitrogen and oxygen atoms in total. The first-order chi connectivity index (χ1) is 10.8. The fourth-order valence-corrected chi connectivity index (χ4v) is 3.12. The van der Waals surface area contributed by atoms with Gasteiger partial charge in [-0.1, -0.05) is 0 Å². The highest BCUT2D eigenvalue weighted by Crippen LogP contribution is 2.32. The molecular formula is C18H34N2O3. The van der Waals surface area contributed by atoms with Crippen molar-refractivity contribution in [1.29, 1.82) is 0 Å². The molecule has 0 saturated heterocycles. The van der Waals surface area contributed by atoms with Crippen LogP contribution in [0.4, 0.5) is 4.79 Å². The predicted molar refractivity (Wildman–Crippen MR) is 91.6 cm³/mol. The van der Waals surface area contributed by atoms with Gasteiger partial charge in [0.1, 0.15) is 5.60 Å². The molecule has 1 amide bonds. The smallest absolute Gasteiger partial charge is 0.407 e. The third-order valence-corrected chi connectivity index (χ3v) is 4.65. The van der Waals surface area contributed by atoms with Gasteiger partial charge in [0.15, 0.2) is 0 Å². The van der Waals surface area contributed by atoms with Crippen LogP contribution in [0, 0.1) is 5.92 Å². The van der Waals surface area contributed by atoms with Gasteiger partial charge < -0.3 is 20.1 Å². The minimum absolute atomic E-state index is 0.220. The number of nitrogens with one attached hydrogen (secondary N) is 2. The van der Waals surface area contributed by atoms with Crippen molar-refractivity contribution < 1.29 is 14.3 Å². The molecule has 0 aromatic heterocycles. The second-order valence-electron chi connectivity index (χ2n) is 8.07. The number of carbonyl (C=O) groups is 1. The summed E-state index contributed by atoms with van der Waals surface area (Å²) >= 11 is 0. The fraction of sp³-hybridized carbons (Fsp3) is 0.944. The van der Waals surface area contributed by atoms with Crippen LogP contribution in [-0.2, 0) is 9.47 Å². The van der Waals surface area contributed by atoms with E-state index in [1.165, 1.54) is 12.8 Å². The van der Waals surface area contributed by atoms with Gasteiger partial charge in [0, 0.05) is 18.6 Å². The third kappa shape index (κ3) is 7.53. The number of rotatable bonds is 7. The van der Waals surface area contributed by atoms with E-state index in [1.807, 2.05) is 20.8 Å². The second-order valence-corrected chi connectivity index (χ2v) is 8.07. The minimum atomic E-state index is -0.436. The Kier molecular flexibility index (Phi) is 6.72. The van der Waals surface area contributed by atoms with Crippen LogP contribution >= 0.6 is 0 Å². The number of amides is 1. The highest BCUT2D eigenvalue weighted by atomic mass is 16.6. The van der Waals surface area contributed by atoms with Crippen LogP contribution in [0.1, 0.15) is 66.2 Å². The Morgan fingerprint density at radius 1 is 1.13 bits per heavy atom. The number of hydrogen-bond acceptors (Lipinski definition) is 4. The zero-order valence-electron chi connectivity index (χ0n) is 15.2. The van der Waals surface area contributed by atoms with E-state index in [9.17, 15) is 4.79 Å². The highest BCUT2D eigenvalue weighted by Gasteiger charge is 2.27. The van der Waals surface area contributed by atoms with Gasteiger partial charge in [-0.2, -0.15) is 0 Å². The van der Waals surface area contributed by atoms with E-state index < -0.39 is 5.60 Å². The zero-order valence-corrected chi connectivity index (χ0v) is 15.2. The summed E-state index contributed by atoms with van der Waals surface area (Å²) in [4.78, 5) is 11.8. The molecule has 0 spiro atoms. The Morgan fingerprint density at radius 2 is 1.78 bits per heavy atom. The third-order valence-electron chi connectivity index (χ3n) is 4.65. The van der Waals surface area contributed by atoms with E-state index in [0.29, 0.717) is 12.1 Å². The van der Waals surface area contributed by atoms with E-state index in [-0.39, 0.29) is 12.1 Å². The SMILES string of the molecule is CC(NCCOC1CCC(NC(=O)OC(C)(C)C)CC1)C1CC1. The Morgan fingerprint density at radius 3 is 2.35 bits per heavy atom. The van der Waals surface area contributed by atoms with Gasteiger partial charge in [-0.3, -0.25) is 0 Å². The zero-order chi connectivity index (χ0) is 16.9. The molecule has 0 aliphatic heterocycles. The van der Waals surface area contributed by atoms with Crippen LogP contribution in [0.15, 0.2) is 0 Å². The van der Waals surface area contributed by atoms with E-state index in [0.717, 1.165) is 44.8 Å². The Labute approximate surface area is 140 Å². The van der Waals surface area contributed by atoms with Gasteiger partial charge in [-0.15, -0.1) is 0 Å². The van der Waals surface area contributed by atoms with E-state index in [1.54, 1.807) is 0 Å². The first-order valence-corrected chi connectivity index (χ1v) is 9.18. The largest absolute Gasteiger partial charge is 0.444 e. The first kappa shape index (κ1) is 18.5. The molecule has 0 aromatic rings. The summed E-state index contributed by atoms with van der Waals surface area (Å²) in [7, 11) is 0. The summed E-state index contributed by atoms with van der Waals surface area (Å²) in [5, 5.41) is 6.51. The van der Waals surface area contributed by atoms with Crippen LogP contribution in [0.5, 0.6) is 0 Å². The summed E-state index contributed by atoms with van der Waals surface area (Å²) in [6.45, 7) is 9.64. The van der Waals surface area contributed by atoms with Gasteiger partial charge in [0.25, 0.3) is 0 Å². The molecule has 2 aliphatic rings. The molecule has 2 N–H and O–H groups in total. The average Bonchev–Trinajstić information content (AvgIpc) is 3.27. The normalized spacial score (nSPS) is 26.6. The van der Waals surface area contributed by atoms with Crippen molar-refractivity contribution in [1.82, 2.24) is 10.6 Å². The molecule has 2 rings (SSSR count). The van der Waals surface area contributed by atoms with Crippen molar-refractivity contribution in [2.24, 2.45) is 5.92 Å². The van der Waals surface area contributed by atoms with Gasteiger partial charge in [0.2, 0.25) is 0 Å². The molecule has 1 unspecified atom stereocenters. The van der Waals surface area contributed by atoms with Crippen LogP contribution in [0.3, 0.4) is 0 Å². The standard InChI is InChI=1S/C18H34N2O3/c1-13(14-5-6-14)19-11-12-22-16-9-7-15(8-10-16)20-17(21)23-18(2,3)4/h13-16,19H,5-12H2,1-4H3,(H,20,21). The molecule has 0 heterocycles. The Hall–Kier alpha value is -0.810. The van der Waals surface area contributed by atoms with Crippen molar-refractivity contribution in [3.8, 4) is 0 Å². The Bertz CT molecular complexity index is 369. The summed E-state index contributed by atoms with van der Waals surface area (Å²) in [6.07, 6.45) is 6.75. The van der Waals surface area contributed by atoms with E-state index >= 15 is 0 Å². The lowest BCUT2D eigenvalue weighted by Gasteiger charge is -2.30. The van der Waals surface area contributed by atoms with Crippen LogP contribution in [0.25, 0.3) is 0 Å². The van der Waals surface area contributed by atoms with Gasteiger partial charge in [0.05, 0.1) is 12.7 Å². The summed E-state index contributed by atoms with van der Waals surface area (Å²) in [5.74, 6) is 0.893. The van der Waals surface area contributed by atoms with Gasteiger partial charge in [-0.25, -0.2) is 4.79 Å². The minimum Gasteiger partial charge on any atom is -0.444 e. The summed E-state index contributed by atoms with van der Waals surface area (Å²) in [6, 6.07) is 0.852. The predicted octanol–water partition coefficient (Wildman–Crippen LogP) is 3.23. The molecule has 134 valence electrons. The number of hydrogen-bond donors (Lipinski definition) is 2. The average molecular weight is 326 g/mol. The van der Waals surface area contributed by atoms with Crippen molar-refractivity contribution in [3.05, 3.63) is 0 Å². The molecule has 0 bridgehead atoms. The number of alkyl carbamates (subject to hydrolysis) is 1. The molecule has 23 heavy (non-hydrogen) atoms. The van der Waals surface area contributed by atoms with Gasteiger partial charge in [-0.05, 0) is 72.1 Å². The van der Waals surface area contributed by atoms with Crippen molar-refractivity contribution in [2.45, 2.75) is 90.0 Å². The monoisotopic (exact) mass is 326 g/mol. The molecular weight excluding hydrogens is 292 g/mol. The van der Waals surface area contributed by atoms with E-state index in [2.05, 4.69) is 17.6 Å². The highest BCUT2D eigenvalue weighted by molar-refractivity contribution is 5.68. The molecule has 2 saturated carbocycles. The number of carbonyl (C=O) groups excluding carboxylic acids is 1. The fourth-order valence-electron chi connectivity index (χ4n) is 3.12. The molecule has 5 heteroatoms. The number of ether oxygens (including phenoxy) is 2. The van der Waals surface area contributed by atoms with E-state index in [4.69, 9.17) is 9.47 Å². The maximum absolute atomic E-state index is 11.8. The molecule has 2 aliphatic carbocycles. The van der Waals surface area contributed by atoms with Crippen LogP contribution in [-0.4, -0.2) is 43.0 Å².